The first-order chi connectivity index (χ1) is 8.50. The maximum Gasteiger partial charge on any atom is 0.220 e. The fraction of sp³-hybridized carbons (Fsp3) is 0.250. The Morgan fingerprint density at radius 3 is 2.78 bits per heavy atom. The molecule has 0 amide bonds. The van der Waals surface area contributed by atoms with Crippen LogP contribution >= 0.6 is 11.6 Å². The van der Waals surface area contributed by atoms with Crippen molar-refractivity contribution in [3.05, 3.63) is 33.8 Å². The highest BCUT2D eigenvalue weighted by atomic mass is 35.5. The van der Waals surface area contributed by atoms with Crippen LogP contribution in [0.15, 0.2) is 33.7 Å². The minimum Gasteiger partial charge on any atom is -0.356 e. The van der Waals surface area contributed by atoms with E-state index in [1.165, 1.54) is 6.07 Å². The number of fused-ring (bicyclic) bond motifs is 1. The van der Waals surface area contributed by atoms with Crippen molar-refractivity contribution < 1.29 is 8.42 Å². The number of sulfone groups is 1. The summed E-state index contributed by atoms with van der Waals surface area (Å²) < 4.78 is 24.6. The highest BCUT2D eigenvalue weighted by Crippen LogP contribution is 2.36. The molecular weight excluding hydrogens is 272 g/mol. The lowest BCUT2D eigenvalue weighted by molar-refractivity contribution is 0.602. The average molecular weight is 283 g/mol. The van der Waals surface area contributed by atoms with Crippen molar-refractivity contribution in [1.29, 1.82) is 5.26 Å². The SMILES string of the molecule is CCCC1=C(C#N)S(=O)(=O)c2cc(Cl)ccc2N1. The first-order valence-corrected chi connectivity index (χ1v) is 7.31. The van der Waals surface area contributed by atoms with Crippen molar-refractivity contribution in [3.8, 4) is 6.07 Å². The summed E-state index contributed by atoms with van der Waals surface area (Å²) in [6.45, 7) is 1.92. The molecule has 0 fully saturated rings. The Morgan fingerprint density at radius 2 is 2.17 bits per heavy atom. The second-order valence-electron chi connectivity index (χ2n) is 3.94. The van der Waals surface area contributed by atoms with Crippen LogP contribution in [0.25, 0.3) is 0 Å². The molecule has 1 aliphatic heterocycles. The predicted molar refractivity (Wildman–Crippen MR) is 69.8 cm³/mol. The van der Waals surface area contributed by atoms with Crippen LogP contribution in [0, 0.1) is 11.3 Å². The standard InChI is InChI=1S/C12H11ClN2O2S/c1-2-3-9-12(7-14)18(16,17)11-6-8(13)4-5-10(11)15-9/h4-6,15H,2-3H2,1H3. The van der Waals surface area contributed by atoms with Crippen molar-refractivity contribution in [3.63, 3.8) is 0 Å². The predicted octanol–water partition coefficient (Wildman–Crippen LogP) is 3.07. The van der Waals surface area contributed by atoms with Gasteiger partial charge in [-0.1, -0.05) is 24.9 Å². The fourth-order valence-corrected chi connectivity index (χ4v) is 3.61. The van der Waals surface area contributed by atoms with Gasteiger partial charge in [-0.2, -0.15) is 5.26 Å². The molecule has 0 unspecified atom stereocenters. The Bertz CT molecular complexity index is 672. The first kappa shape index (κ1) is 12.9. The van der Waals surface area contributed by atoms with Crippen molar-refractivity contribution in [1.82, 2.24) is 0 Å². The molecule has 0 atom stereocenters. The Balaban J connectivity index is 2.69. The number of rotatable bonds is 2. The van der Waals surface area contributed by atoms with Gasteiger partial charge >= 0.3 is 0 Å². The highest BCUT2D eigenvalue weighted by Gasteiger charge is 2.31. The molecular formula is C12H11ClN2O2S. The molecule has 0 aromatic heterocycles. The lowest BCUT2D eigenvalue weighted by Gasteiger charge is -2.21. The smallest absolute Gasteiger partial charge is 0.220 e. The molecule has 0 aliphatic carbocycles. The van der Waals surface area contributed by atoms with Gasteiger partial charge in [-0.05, 0) is 24.6 Å². The molecule has 0 radical (unpaired) electrons. The molecule has 4 nitrogen and oxygen atoms in total. The van der Waals surface area contributed by atoms with Gasteiger partial charge in [-0.15, -0.1) is 0 Å². The van der Waals surface area contributed by atoms with Gasteiger partial charge < -0.3 is 5.32 Å². The van der Waals surface area contributed by atoms with Crippen LogP contribution in [-0.4, -0.2) is 8.42 Å². The van der Waals surface area contributed by atoms with Gasteiger partial charge in [0.25, 0.3) is 0 Å². The summed E-state index contributed by atoms with van der Waals surface area (Å²) >= 11 is 5.80. The van der Waals surface area contributed by atoms with E-state index < -0.39 is 9.84 Å². The van der Waals surface area contributed by atoms with Crippen LogP contribution in [0.1, 0.15) is 19.8 Å². The first-order valence-electron chi connectivity index (χ1n) is 5.45. The summed E-state index contributed by atoms with van der Waals surface area (Å²) in [5, 5.41) is 12.4. The van der Waals surface area contributed by atoms with Gasteiger partial charge in [0.05, 0.1) is 10.6 Å². The quantitative estimate of drug-likeness (QED) is 0.905. The van der Waals surface area contributed by atoms with Gasteiger partial charge in [0.1, 0.15) is 6.07 Å². The number of hydrogen-bond donors (Lipinski definition) is 1. The third-order valence-corrected chi connectivity index (χ3v) is 4.69. The van der Waals surface area contributed by atoms with E-state index in [0.29, 0.717) is 22.8 Å². The van der Waals surface area contributed by atoms with Gasteiger partial charge in [0.2, 0.25) is 9.84 Å². The second kappa shape index (κ2) is 4.63. The van der Waals surface area contributed by atoms with Crippen LogP contribution < -0.4 is 5.32 Å². The highest BCUT2D eigenvalue weighted by molar-refractivity contribution is 7.95. The molecule has 1 heterocycles. The number of nitriles is 1. The van der Waals surface area contributed by atoms with Crippen molar-refractivity contribution >= 4 is 27.1 Å². The van der Waals surface area contributed by atoms with Gasteiger partial charge in [0.15, 0.2) is 4.91 Å². The molecule has 0 saturated heterocycles. The third kappa shape index (κ3) is 1.98. The molecule has 1 aromatic carbocycles. The second-order valence-corrected chi connectivity index (χ2v) is 6.23. The van der Waals surface area contributed by atoms with E-state index in [1.807, 2.05) is 6.92 Å². The molecule has 94 valence electrons. The number of benzene rings is 1. The number of nitrogens with one attached hydrogen (secondary N) is 1. The van der Waals surface area contributed by atoms with E-state index in [4.69, 9.17) is 16.9 Å². The maximum absolute atomic E-state index is 12.3. The Labute approximate surface area is 111 Å². The summed E-state index contributed by atoms with van der Waals surface area (Å²) in [7, 11) is -3.76. The summed E-state index contributed by atoms with van der Waals surface area (Å²) in [5.74, 6) is 0. The summed E-state index contributed by atoms with van der Waals surface area (Å²) in [4.78, 5) is -0.148. The summed E-state index contributed by atoms with van der Waals surface area (Å²) in [6.07, 6.45) is 1.27. The van der Waals surface area contributed by atoms with E-state index in [-0.39, 0.29) is 9.80 Å². The Kier molecular flexibility index (Phi) is 3.33. The van der Waals surface area contributed by atoms with Crippen LogP contribution in [0.3, 0.4) is 0 Å². The number of hydrogen-bond acceptors (Lipinski definition) is 4. The fourth-order valence-electron chi connectivity index (χ4n) is 1.87. The zero-order valence-electron chi connectivity index (χ0n) is 9.70. The molecule has 18 heavy (non-hydrogen) atoms. The monoisotopic (exact) mass is 282 g/mol. The van der Waals surface area contributed by atoms with E-state index >= 15 is 0 Å². The van der Waals surface area contributed by atoms with Crippen LogP contribution in [-0.2, 0) is 9.84 Å². The Hall–Kier alpha value is -1.51. The van der Waals surface area contributed by atoms with Crippen molar-refractivity contribution in [2.75, 3.05) is 5.32 Å². The lowest BCUT2D eigenvalue weighted by atomic mass is 10.2. The third-order valence-electron chi connectivity index (χ3n) is 2.66. The van der Waals surface area contributed by atoms with E-state index in [1.54, 1.807) is 18.2 Å². The van der Waals surface area contributed by atoms with Crippen LogP contribution in [0.2, 0.25) is 5.02 Å². The van der Waals surface area contributed by atoms with Gasteiger partial charge in [0, 0.05) is 10.7 Å². The van der Waals surface area contributed by atoms with Gasteiger partial charge in [-0.25, -0.2) is 8.42 Å². The molecule has 6 heteroatoms. The summed E-state index contributed by atoms with van der Waals surface area (Å²) in [5.41, 5.74) is 0.927. The van der Waals surface area contributed by atoms with Crippen molar-refractivity contribution in [2.24, 2.45) is 0 Å². The lowest BCUT2D eigenvalue weighted by Crippen LogP contribution is -2.18. The number of allylic oxidation sites excluding steroid dienone is 2. The largest absolute Gasteiger partial charge is 0.356 e. The topological polar surface area (TPSA) is 70.0 Å². The molecule has 2 rings (SSSR count). The molecule has 0 saturated carbocycles. The average Bonchev–Trinajstić information content (AvgIpc) is 2.31. The number of nitrogens with zero attached hydrogens (tertiary/aromatic N) is 1. The minimum atomic E-state index is -3.76. The van der Waals surface area contributed by atoms with Gasteiger partial charge in [-0.3, -0.25) is 0 Å². The number of anilines is 1. The molecule has 1 N–H and O–H groups in total. The normalized spacial score (nSPS) is 16.7. The molecule has 1 aliphatic rings. The number of halogens is 1. The minimum absolute atomic E-state index is 0.0615. The summed E-state index contributed by atoms with van der Waals surface area (Å²) in [6, 6.07) is 6.36. The molecule has 0 bridgehead atoms. The van der Waals surface area contributed by atoms with E-state index in [9.17, 15) is 8.42 Å². The van der Waals surface area contributed by atoms with Crippen LogP contribution in [0.5, 0.6) is 0 Å². The Morgan fingerprint density at radius 1 is 1.44 bits per heavy atom. The molecule has 0 spiro atoms. The van der Waals surface area contributed by atoms with E-state index in [2.05, 4.69) is 5.32 Å². The van der Waals surface area contributed by atoms with E-state index in [0.717, 1.165) is 6.42 Å². The maximum atomic E-state index is 12.3. The zero-order valence-corrected chi connectivity index (χ0v) is 11.3. The zero-order chi connectivity index (χ0) is 13.3. The van der Waals surface area contributed by atoms with Crippen molar-refractivity contribution in [2.45, 2.75) is 24.7 Å². The molecule has 1 aromatic rings. The van der Waals surface area contributed by atoms with Crippen LogP contribution in [0.4, 0.5) is 5.69 Å².